The third-order valence-corrected chi connectivity index (χ3v) is 4.47. The van der Waals surface area contributed by atoms with Gasteiger partial charge in [-0.15, -0.1) is 0 Å². The van der Waals surface area contributed by atoms with E-state index in [2.05, 4.69) is 31.4 Å². The van der Waals surface area contributed by atoms with E-state index in [1.165, 1.54) is 0 Å². The van der Waals surface area contributed by atoms with Gasteiger partial charge in [0.25, 0.3) is 0 Å². The van der Waals surface area contributed by atoms with E-state index >= 15 is 0 Å². The van der Waals surface area contributed by atoms with E-state index in [1.807, 2.05) is 31.2 Å². The van der Waals surface area contributed by atoms with Crippen LogP contribution in [0.25, 0.3) is 0 Å². The van der Waals surface area contributed by atoms with Gasteiger partial charge in [-0.1, -0.05) is 23.7 Å². The number of benzene rings is 1. The van der Waals surface area contributed by atoms with E-state index in [0.29, 0.717) is 11.6 Å². The fourth-order valence-corrected chi connectivity index (χ4v) is 2.73. The average Bonchev–Trinajstić information content (AvgIpc) is 3.08. The van der Waals surface area contributed by atoms with Crippen LogP contribution in [0, 0.1) is 6.92 Å². The predicted molar refractivity (Wildman–Crippen MR) is 96.1 cm³/mol. The lowest BCUT2D eigenvalue weighted by molar-refractivity contribution is -0.116. The first-order chi connectivity index (χ1) is 11.5. The second-order valence-corrected chi connectivity index (χ2v) is 6.63. The highest BCUT2D eigenvalue weighted by molar-refractivity contribution is 9.10. The summed E-state index contributed by atoms with van der Waals surface area (Å²) in [5.41, 5.74) is 2.67. The van der Waals surface area contributed by atoms with Crippen molar-refractivity contribution in [2.45, 2.75) is 20.0 Å². The summed E-state index contributed by atoms with van der Waals surface area (Å²) in [5, 5.41) is 11.8. The van der Waals surface area contributed by atoms with Crippen molar-refractivity contribution < 1.29 is 4.79 Å². The van der Waals surface area contributed by atoms with Crippen LogP contribution < -0.4 is 5.32 Å². The third kappa shape index (κ3) is 4.04. The first kappa shape index (κ1) is 16.7. The standard InChI is InChI=1S/C16H15BrClN5O/c1-11-15(17)7-20-23(11)10-16(24)21-14-4-2-3-12(5-14)8-22-9-13(18)6-19-22/h2-7,9H,8,10H2,1H3,(H,21,24). The number of halogens is 2. The number of rotatable bonds is 5. The van der Waals surface area contributed by atoms with Crippen LogP contribution in [0.3, 0.4) is 0 Å². The normalized spacial score (nSPS) is 10.8. The Balaban J connectivity index is 1.65. The zero-order valence-electron chi connectivity index (χ0n) is 12.9. The molecule has 2 aromatic heterocycles. The molecule has 0 bridgehead atoms. The lowest BCUT2D eigenvalue weighted by Gasteiger charge is -2.09. The van der Waals surface area contributed by atoms with Gasteiger partial charge in [0.1, 0.15) is 6.54 Å². The third-order valence-electron chi connectivity index (χ3n) is 3.49. The number of carbonyl (C=O) groups excluding carboxylic acids is 1. The van der Waals surface area contributed by atoms with E-state index in [-0.39, 0.29) is 12.5 Å². The van der Waals surface area contributed by atoms with Gasteiger partial charge >= 0.3 is 0 Å². The van der Waals surface area contributed by atoms with Crippen molar-refractivity contribution in [3.63, 3.8) is 0 Å². The Kier molecular flexibility index (Phi) is 5.01. The van der Waals surface area contributed by atoms with Gasteiger partial charge in [-0.3, -0.25) is 14.2 Å². The van der Waals surface area contributed by atoms with Crippen molar-refractivity contribution in [1.82, 2.24) is 19.6 Å². The largest absolute Gasteiger partial charge is 0.324 e. The Bertz CT molecular complexity index is 873. The lowest BCUT2D eigenvalue weighted by Crippen LogP contribution is -2.20. The second kappa shape index (κ2) is 7.19. The van der Waals surface area contributed by atoms with Crippen molar-refractivity contribution in [3.8, 4) is 0 Å². The Labute approximate surface area is 152 Å². The summed E-state index contributed by atoms with van der Waals surface area (Å²) >= 11 is 9.25. The monoisotopic (exact) mass is 407 g/mol. The number of hydrogen-bond acceptors (Lipinski definition) is 3. The van der Waals surface area contributed by atoms with Crippen molar-refractivity contribution in [2.24, 2.45) is 0 Å². The van der Waals surface area contributed by atoms with Gasteiger partial charge in [-0.2, -0.15) is 10.2 Å². The molecule has 0 radical (unpaired) electrons. The van der Waals surface area contributed by atoms with Crippen LogP contribution in [-0.4, -0.2) is 25.5 Å². The predicted octanol–water partition coefficient (Wildman–Crippen LogP) is 3.49. The Morgan fingerprint density at radius 3 is 2.83 bits per heavy atom. The molecule has 24 heavy (non-hydrogen) atoms. The number of hydrogen-bond donors (Lipinski definition) is 1. The molecule has 124 valence electrons. The molecule has 0 atom stereocenters. The van der Waals surface area contributed by atoms with Crippen molar-refractivity contribution in [2.75, 3.05) is 5.32 Å². The molecule has 3 aromatic rings. The number of amides is 1. The van der Waals surface area contributed by atoms with Gasteiger partial charge in [0, 0.05) is 11.9 Å². The van der Waals surface area contributed by atoms with Gasteiger partial charge in [0.15, 0.2) is 0 Å². The first-order valence-corrected chi connectivity index (χ1v) is 8.43. The highest BCUT2D eigenvalue weighted by atomic mass is 79.9. The molecule has 0 aliphatic rings. The molecule has 0 saturated carbocycles. The van der Waals surface area contributed by atoms with Crippen LogP contribution in [0.1, 0.15) is 11.3 Å². The van der Waals surface area contributed by atoms with Crippen molar-refractivity contribution in [3.05, 3.63) is 63.6 Å². The van der Waals surface area contributed by atoms with Crippen LogP contribution in [-0.2, 0) is 17.9 Å². The number of nitrogens with zero attached hydrogens (tertiary/aromatic N) is 4. The molecule has 0 spiro atoms. The maximum atomic E-state index is 12.2. The molecule has 0 unspecified atom stereocenters. The van der Waals surface area contributed by atoms with Crippen LogP contribution in [0.2, 0.25) is 5.02 Å². The molecule has 3 rings (SSSR count). The Hall–Kier alpha value is -2.12. The van der Waals surface area contributed by atoms with E-state index in [0.717, 1.165) is 21.4 Å². The minimum Gasteiger partial charge on any atom is -0.324 e. The van der Waals surface area contributed by atoms with E-state index in [1.54, 1.807) is 28.0 Å². The summed E-state index contributed by atoms with van der Waals surface area (Å²) < 4.78 is 4.28. The number of nitrogens with one attached hydrogen (secondary N) is 1. The summed E-state index contributed by atoms with van der Waals surface area (Å²) in [6.07, 6.45) is 5.03. The lowest BCUT2D eigenvalue weighted by atomic mass is 10.2. The molecule has 2 heterocycles. The molecular formula is C16H15BrClN5O. The molecule has 0 aliphatic heterocycles. The SMILES string of the molecule is Cc1c(Br)cnn1CC(=O)Nc1cccc(Cn2cc(Cl)cn2)c1. The minimum atomic E-state index is -0.131. The van der Waals surface area contributed by atoms with Crippen LogP contribution in [0.5, 0.6) is 0 Å². The summed E-state index contributed by atoms with van der Waals surface area (Å²) in [6.45, 7) is 2.65. The smallest absolute Gasteiger partial charge is 0.246 e. The summed E-state index contributed by atoms with van der Waals surface area (Å²) in [7, 11) is 0. The van der Waals surface area contributed by atoms with Gasteiger partial charge in [0.05, 0.1) is 34.1 Å². The topological polar surface area (TPSA) is 64.7 Å². The molecular weight excluding hydrogens is 394 g/mol. The Morgan fingerprint density at radius 2 is 2.17 bits per heavy atom. The Morgan fingerprint density at radius 1 is 1.33 bits per heavy atom. The van der Waals surface area contributed by atoms with Crippen LogP contribution in [0.15, 0.2) is 47.3 Å². The highest BCUT2D eigenvalue weighted by Gasteiger charge is 2.09. The zero-order valence-corrected chi connectivity index (χ0v) is 15.3. The summed E-state index contributed by atoms with van der Waals surface area (Å²) in [6, 6.07) is 7.63. The molecule has 1 aromatic carbocycles. The number of carbonyl (C=O) groups is 1. The van der Waals surface area contributed by atoms with E-state index in [4.69, 9.17) is 11.6 Å². The minimum absolute atomic E-state index is 0.131. The highest BCUT2D eigenvalue weighted by Crippen LogP contribution is 2.15. The van der Waals surface area contributed by atoms with Crippen molar-refractivity contribution in [1.29, 1.82) is 0 Å². The molecule has 6 nitrogen and oxygen atoms in total. The molecule has 8 heteroatoms. The maximum absolute atomic E-state index is 12.2. The second-order valence-electron chi connectivity index (χ2n) is 5.34. The van der Waals surface area contributed by atoms with E-state index in [9.17, 15) is 4.79 Å². The fourth-order valence-electron chi connectivity index (χ4n) is 2.28. The summed E-state index contributed by atoms with van der Waals surface area (Å²) in [4.78, 5) is 12.2. The number of anilines is 1. The van der Waals surface area contributed by atoms with Gasteiger partial charge in [-0.05, 0) is 40.5 Å². The van der Waals surface area contributed by atoms with Gasteiger partial charge < -0.3 is 5.32 Å². The fraction of sp³-hybridized carbons (Fsp3) is 0.188. The van der Waals surface area contributed by atoms with Crippen LogP contribution >= 0.6 is 27.5 Å². The molecule has 0 fully saturated rings. The first-order valence-electron chi connectivity index (χ1n) is 7.26. The van der Waals surface area contributed by atoms with Gasteiger partial charge in [-0.25, -0.2) is 0 Å². The maximum Gasteiger partial charge on any atom is 0.246 e. The molecule has 0 saturated heterocycles. The zero-order chi connectivity index (χ0) is 17.1. The molecule has 1 N–H and O–H groups in total. The molecule has 0 aliphatic carbocycles. The quantitative estimate of drug-likeness (QED) is 0.703. The summed E-state index contributed by atoms with van der Waals surface area (Å²) in [5.74, 6) is -0.131. The van der Waals surface area contributed by atoms with Gasteiger partial charge in [0.2, 0.25) is 5.91 Å². The number of aromatic nitrogens is 4. The van der Waals surface area contributed by atoms with E-state index < -0.39 is 0 Å². The van der Waals surface area contributed by atoms with Crippen LogP contribution in [0.4, 0.5) is 5.69 Å². The molecule has 1 amide bonds. The van der Waals surface area contributed by atoms with Crippen molar-refractivity contribution >= 4 is 39.1 Å². The average molecular weight is 409 g/mol.